The minimum absolute atomic E-state index is 0.0814. The molecule has 2 N–H and O–H groups in total. The van der Waals surface area contributed by atoms with Crippen molar-refractivity contribution >= 4 is 29.1 Å². The van der Waals surface area contributed by atoms with E-state index in [0.29, 0.717) is 28.0 Å². The van der Waals surface area contributed by atoms with Crippen molar-refractivity contribution in [2.24, 2.45) is 0 Å². The Morgan fingerprint density at radius 3 is 2.38 bits per heavy atom. The fourth-order valence-electron chi connectivity index (χ4n) is 2.47. The van der Waals surface area contributed by atoms with Gasteiger partial charge in [0.15, 0.2) is 5.69 Å². The van der Waals surface area contributed by atoms with Crippen LogP contribution in [-0.2, 0) is 12.6 Å². The highest BCUT2D eigenvalue weighted by Gasteiger charge is 2.32. The first kappa shape index (κ1) is 20.4. The molecule has 0 radical (unpaired) electrons. The molecule has 0 bridgehead atoms. The fraction of sp³-hybridized carbons (Fsp3) is 0.167. The maximum Gasteiger partial charge on any atom is 0.434 e. The highest BCUT2D eigenvalue weighted by molar-refractivity contribution is 7.06. The van der Waals surface area contributed by atoms with Gasteiger partial charge in [0.1, 0.15) is 0 Å². The van der Waals surface area contributed by atoms with E-state index in [2.05, 4.69) is 19.7 Å². The van der Waals surface area contributed by atoms with E-state index in [-0.39, 0.29) is 17.7 Å². The van der Waals surface area contributed by atoms with Crippen molar-refractivity contribution in [2.75, 3.05) is 5.32 Å². The number of rotatable bonds is 5. The van der Waals surface area contributed by atoms with E-state index >= 15 is 0 Å². The molecule has 0 unspecified atom stereocenters. The number of carboxylic acid groups (broad SMARTS) is 1. The summed E-state index contributed by atoms with van der Waals surface area (Å²) in [4.78, 5) is 31.2. The lowest BCUT2D eigenvalue weighted by Gasteiger charge is -2.08. The van der Waals surface area contributed by atoms with E-state index in [1.54, 1.807) is 6.92 Å². The molecular weight excluding hydrogens is 409 g/mol. The van der Waals surface area contributed by atoms with Crippen molar-refractivity contribution in [1.29, 1.82) is 0 Å². The normalized spacial score (nSPS) is 11.3. The monoisotopic (exact) mass is 422 g/mol. The van der Waals surface area contributed by atoms with Crippen LogP contribution >= 0.6 is 11.5 Å². The molecule has 150 valence electrons. The second kappa shape index (κ2) is 7.95. The summed E-state index contributed by atoms with van der Waals surface area (Å²) < 4.78 is 41.9. The Labute approximate surface area is 166 Å². The molecule has 0 aliphatic heterocycles. The Bertz CT molecular complexity index is 1050. The van der Waals surface area contributed by atoms with Crippen molar-refractivity contribution < 1.29 is 27.9 Å². The molecule has 11 heteroatoms. The molecule has 0 saturated carbocycles. The van der Waals surface area contributed by atoms with Crippen LogP contribution in [0.3, 0.4) is 0 Å². The van der Waals surface area contributed by atoms with Gasteiger partial charge in [-0.3, -0.25) is 9.78 Å². The van der Waals surface area contributed by atoms with Gasteiger partial charge in [-0.25, -0.2) is 9.78 Å². The van der Waals surface area contributed by atoms with E-state index in [1.807, 2.05) is 0 Å². The zero-order chi connectivity index (χ0) is 21.2. The summed E-state index contributed by atoms with van der Waals surface area (Å²) in [5.74, 6) is -1.55. The molecule has 0 atom stereocenters. The zero-order valence-electron chi connectivity index (χ0n) is 14.8. The number of amides is 1. The van der Waals surface area contributed by atoms with Gasteiger partial charge in [0.25, 0.3) is 5.91 Å². The van der Waals surface area contributed by atoms with Crippen LogP contribution in [0.2, 0.25) is 0 Å². The van der Waals surface area contributed by atoms with Crippen molar-refractivity contribution in [3.8, 4) is 0 Å². The molecule has 2 aromatic heterocycles. The molecule has 3 aromatic rings. The third-order valence-corrected chi connectivity index (χ3v) is 4.82. The Balaban J connectivity index is 1.78. The molecule has 2 heterocycles. The number of anilines is 1. The van der Waals surface area contributed by atoms with Gasteiger partial charge >= 0.3 is 12.1 Å². The number of nitrogens with zero attached hydrogens (tertiary/aromatic N) is 3. The minimum Gasteiger partial charge on any atom is -0.478 e. The molecule has 29 heavy (non-hydrogen) atoms. The van der Waals surface area contributed by atoms with Crippen molar-refractivity contribution in [3.63, 3.8) is 0 Å². The van der Waals surface area contributed by atoms with Gasteiger partial charge in [0, 0.05) is 23.2 Å². The first-order valence-corrected chi connectivity index (χ1v) is 8.90. The largest absolute Gasteiger partial charge is 0.478 e. The number of alkyl halides is 3. The van der Waals surface area contributed by atoms with Crippen LogP contribution in [0.5, 0.6) is 0 Å². The summed E-state index contributed by atoms with van der Waals surface area (Å²) in [6.07, 6.45) is -2.82. The molecule has 0 saturated heterocycles. The number of halogens is 3. The number of benzene rings is 1. The topological polar surface area (TPSA) is 105 Å². The number of nitrogens with one attached hydrogen (secondary N) is 1. The number of hydrogen-bond donors (Lipinski definition) is 2. The van der Waals surface area contributed by atoms with Gasteiger partial charge in [-0.2, -0.15) is 17.5 Å². The van der Waals surface area contributed by atoms with Crippen LogP contribution in [0.4, 0.5) is 18.9 Å². The first-order valence-electron chi connectivity index (χ1n) is 8.13. The summed E-state index contributed by atoms with van der Waals surface area (Å²) in [6, 6.07) is 5.62. The van der Waals surface area contributed by atoms with Gasteiger partial charge in [-0.05, 0) is 42.7 Å². The lowest BCUT2D eigenvalue weighted by Crippen LogP contribution is -2.15. The Morgan fingerprint density at radius 1 is 1.14 bits per heavy atom. The number of hydrogen-bond acceptors (Lipinski definition) is 6. The molecule has 1 aromatic carbocycles. The van der Waals surface area contributed by atoms with Crippen molar-refractivity contribution in [1.82, 2.24) is 14.3 Å². The number of aryl methyl sites for hydroxylation is 1. The van der Waals surface area contributed by atoms with E-state index in [1.165, 1.54) is 24.3 Å². The molecule has 0 aliphatic carbocycles. The molecule has 0 fully saturated rings. The molecule has 7 nitrogen and oxygen atoms in total. The van der Waals surface area contributed by atoms with E-state index < -0.39 is 23.7 Å². The third kappa shape index (κ3) is 4.74. The quantitative estimate of drug-likeness (QED) is 0.648. The van der Waals surface area contributed by atoms with Gasteiger partial charge in [-0.15, -0.1) is 0 Å². The van der Waals surface area contributed by atoms with Gasteiger partial charge in [0.05, 0.1) is 28.7 Å². The molecule has 0 aliphatic rings. The van der Waals surface area contributed by atoms with Crippen molar-refractivity contribution in [2.45, 2.75) is 19.5 Å². The number of carbonyl (C=O) groups is 2. The lowest BCUT2D eigenvalue weighted by molar-refractivity contribution is -0.141. The molecular formula is C18H13F3N4O3S. The Kier molecular flexibility index (Phi) is 5.59. The average molecular weight is 422 g/mol. The van der Waals surface area contributed by atoms with Gasteiger partial charge in [0.2, 0.25) is 0 Å². The van der Waals surface area contributed by atoms with E-state index in [0.717, 1.165) is 17.7 Å². The van der Waals surface area contributed by atoms with E-state index in [9.17, 15) is 22.8 Å². The standard InChI is InChI=1S/C18H13F3N4O3S/c1-9-15(16(26)24-11-4-2-10(3-5-11)17(27)28)13(29-25-9)6-12-7-23-14(8-22-12)18(19,20)21/h2-5,7-8H,6H2,1H3,(H,24,26)(H,27,28). The van der Waals surface area contributed by atoms with Crippen LogP contribution in [-0.4, -0.2) is 31.3 Å². The predicted octanol–water partition coefficient (Wildman–Crippen LogP) is 3.80. The SMILES string of the molecule is Cc1nsc(Cc2cnc(C(F)(F)F)cn2)c1C(=O)Nc1ccc(C(=O)O)cc1. The maximum atomic E-state index is 12.7. The summed E-state index contributed by atoms with van der Waals surface area (Å²) in [7, 11) is 0. The summed E-state index contributed by atoms with van der Waals surface area (Å²) >= 11 is 1.05. The number of aromatic nitrogens is 3. The maximum absolute atomic E-state index is 12.7. The summed E-state index contributed by atoms with van der Waals surface area (Å²) in [5.41, 5.74) is 0.401. The molecule has 3 rings (SSSR count). The van der Waals surface area contributed by atoms with Crippen LogP contribution < -0.4 is 5.32 Å². The molecule has 1 amide bonds. The van der Waals surface area contributed by atoms with Crippen LogP contribution in [0.1, 0.15) is 42.7 Å². The van der Waals surface area contributed by atoms with Crippen LogP contribution in [0.25, 0.3) is 0 Å². The number of carbonyl (C=O) groups excluding carboxylic acids is 1. The first-order chi connectivity index (χ1) is 13.6. The van der Waals surface area contributed by atoms with Crippen LogP contribution in [0.15, 0.2) is 36.7 Å². The van der Waals surface area contributed by atoms with Crippen molar-refractivity contribution in [3.05, 3.63) is 69.7 Å². The summed E-state index contributed by atoms with van der Waals surface area (Å²) in [5, 5.41) is 11.6. The zero-order valence-corrected chi connectivity index (χ0v) is 15.6. The highest BCUT2D eigenvalue weighted by atomic mass is 32.1. The van der Waals surface area contributed by atoms with Gasteiger partial charge < -0.3 is 10.4 Å². The van der Waals surface area contributed by atoms with Gasteiger partial charge in [-0.1, -0.05) is 0 Å². The average Bonchev–Trinajstić information content (AvgIpc) is 3.02. The second-order valence-corrected chi connectivity index (χ2v) is 6.83. The Morgan fingerprint density at radius 2 is 1.83 bits per heavy atom. The number of aromatic carboxylic acids is 1. The molecule has 0 spiro atoms. The second-order valence-electron chi connectivity index (χ2n) is 5.97. The predicted molar refractivity (Wildman–Crippen MR) is 98.0 cm³/mol. The summed E-state index contributed by atoms with van der Waals surface area (Å²) in [6.45, 7) is 1.64. The van der Waals surface area contributed by atoms with Crippen LogP contribution in [0, 0.1) is 6.92 Å². The van der Waals surface area contributed by atoms with E-state index in [4.69, 9.17) is 5.11 Å². The lowest BCUT2D eigenvalue weighted by atomic mass is 10.1. The number of carboxylic acids is 1. The fourth-order valence-corrected chi connectivity index (χ4v) is 3.36. The highest BCUT2D eigenvalue weighted by Crippen LogP contribution is 2.27. The Hall–Kier alpha value is -3.34. The third-order valence-electron chi connectivity index (χ3n) is 3.89. The smallest absolute Gasteiger partial charge is 0.434 e. The minimum atomic E-state index is -4.58.